The van der Waals surface area contributed by atoms with Crippen molar-refractivity contribution < 1.29 is 4.39 Å². The molecule has 22 heavy (non-hydrogen) atoms. The van der Waals surface area contributed by atoms with Gasteiger partial charge >= 0.3 is 0 Å². The number of halogens is 2. The van der Waals surface area contributed by atoms with Crippen molar-refractivity contribution in [1.29, 1.82) is 0 Å². The normalized spacial score (nSPS) is 14.9. The lowest BCUT2D eigenvalue weighted by molar-refractivity contribution is 0.574. The topological polar surface area (TPSA) is 67.1 Å². The predicted octanol–water partition coefficient (Wildman–Crippen LogP) is 3.59. The number of benzene rings is 1. The van der Waals surface area contributed by atoms with Gasteiger partial charge in [0.25, 0.3) is 0 Å². The molecule has 0 aliphatic carbocycles. The Bertz CT molecular complexity index is 673. The highest BCUT2D eigenvalue weighted by Crippen LogP contribution is 2.31. The van der Waals surface area contributed by atoms with E-state index in [-0.39, 0.29) is 5.02 Å². The van der Waals surface area contributed by atoms with Crippen LogP contribution in [0.2, 0.25) is 5.02 Å². The predicted molar refractivity (Wildman–Crippen MR) is 87.2 cm³/mol. The molecule has 1 aromatic carbocycles. The first-order valence-electron chi connectivity index (χ1n) is 7.22. The van der Waals surface area contributed by atoms with Gasteiger partial charge in [-0.05, 0) is 37.5 Å². The summed E-state index contributed by atoms with van der Waals surface area (Å²) in [6.45, 7) is 1.89. The van der Waals surface area contributed by atoms with Crippen LogP contribution in [-0.4, -0.2) is 23.1 Å². The molecule has 0 atom stereocenters. The first kappa shape index (κ1) is 14.8. The fourth-order valence-corrected chi connectivity index (χ4v) is 2.73. The summed E-state index contributed by atoms with van der Waals surface area (Å²) in [7, 11) is 0. The number of hydrogen-bond acceptors (Lipinski definition) is 5. The van der Waals surface area contributed by atoms with Crippen LogP contribution in [0.4, 0.5) is 27.4 Å². The second kappa shape index (κ2) is 6.36. The molecule has 0 unspecified atom stereocenters. The van der Waals surface area contributed by atoms with E-state index in [1.165, 1.54) is 24.9 Å². The number of rotatable bonds is 3. The second-order valence-electron chi connectivity index (χ2n) is 5.26. The summed E-state index contributed by atoms with van der Waals surface area (Å²) in [5, 5.41) is 3.12. The first-order chi connectivity index (χ1) is 10.6. The average Bonchev–Trinajstić information content (AvgIpc) is 2.54. The minimum Gasteiger partial charge on any atom is -0.393 e. The summed E-state index contributed by atoms with van der Waals surface area (Å²) in [6, 6.07) is 4.38. The highest BCUT2D eigenvalue weighted by Gasteiger charge is 2.17. The Morgan fingerprint density at radius 2 is 1.95 bits per heavy atom. The van der Waals surface area contributed by atoms with Gasteiger partial charge in [0.15, 0.2) is 11.6 Å². The summed E-state index contributed by atoms with van der Waals surface area (Å²) in [4.78, 5) is 10.6. The van der Waals surface area contributed by atoms with Gasteiger partial charge in [-0.1, -0.05) is 11.6 Å². The number of aromatic nitrogens is 2. The molecule has 0 amide bonds. The number of piperidine rings is 1. The zero-order valence-electron chi connectivity index (χ0n) is 12.0. The van der Waals surface area contributed by atoms with Gasteiger partial charge in [-0.15, -0.1) is 0 Å². The number of hydrogen-bond donors (Lipinski definition) is 2. The van der Waals surface area contributed by atoms with E-state index >= 15 is 0 Å². The lowest BCUT2D eigenvalue weighted by Gasteiger charge is -2.28. The van der Waals surface area contributed by atoms with Crippen molar-refractivity contribution in [3.05, 3.63) is 35.4 Å². The van der Waals surface area contributed by atoms with Crippen molar-refractivity contribution >= 4 is 34.6 Å². The molecule has 1 saturated heterocycles. The minimum atomic E-state index is -0.461. The van der Waals surface area contributed by atoms with Crippen LogP contribution in [0.5, 0.6) is 0 Å². The Balaban J connectivity index is 1.86. The maximum Gasteiger partial charge on any atom is 0.159 e. The molecular weight excluding hydrogens is 305 g/mol. The number of nitrogen functional groups attached to an aromatic ring is 1. The van der Waals surface area contributed by atoms with E-state index in [0.29, 0.717) is 17.2 Å². The van der Waals surface area contributed by atoms with Gasteiger partial charge in [-0.3, -0.25) is 0 Å². The van der Waals surface area contributed by atoms with Gasteiger partial charge in [-0.2, -0.15) is 0 Å². The average molecular weight is 322 g/mol. The van der Waals surface area contributed by atoms with E-state index in [1.807, 2.05) is 0 Å². The quantitative estimate of drug-likeness (QED) is 0.904. The minimum absolute atomic E-state index is 0.0499. The highest BCUT2D eigenvalue weighted by atomic mass is 35.5. The second-order valence-corrected chi connectivity index (χ2v) is 5.67. The van der Waals surface area contributed by atoms with Crippen LogP contribution in [0, 0.1) is 5.82 Å². The zero-order valence-corrected chi connectivity index (χ0v) is 12.8. The molecule has 3 N–H and O–H groups in total. The van der Waals surface area contributed by atoms with Crippen LogP contribution >= 0.6 is 11.6 Å². The number of nitrogens with one attached hydrogen (secondary N) is 1. The molecule has 1 aliphatic heterocycles. The SMILES string of the molecule is Nc1c(Nc2ccc(F)c(Cl)c2)ncnc1N1CCCCC1. The largest absolute Gasteiger partial charge is 0.393 e. The summed E-state index contributed by atoms with van der Waals surface area (Å²) in [5.74, 6) is 0.778. The maximum atomic E-state index is 13.2. The van der Waals surface area contributed by atoms with Crippen LogP contribution in [0.15, 0.2) is 24.5 Å². The molecule has 1 aliphatic rings. The lowest BCUT2D eigenvalue weighted by Crippen LogP contribution is -2.31. The third-order valence-corrected chi connectivity index (χ3v) is 3.99. The Morgan fingerprint density at radius 1 is 1.18 bits per heavy atom. The Labute approximate surface area is 133 Å². The van der Waals surface area contributed by atoms with Crippen molar-refractivity contribution in [2.75, 3.05) is 29.0 Å². The van der Waals surface area contributed by atoms with E-state index in [9.17, 15) is 4.39 Å². The molecule has 2 heterocycles. The molecule has 1 aromatic heterocycles. The van der Waals surface area contributed by atoms with Crippen LogP contribution in [0.25, 0.3) is 0 Å². The van der Waals surface area contributed by atoms with Crippen molar-refractivity contribution in [3.63, 3.8) is 0 Å². The Morgan fingerprint density at radius 3 is 2.68 bits per heavy atom. The number of nitrogens with two attached hydrogens (primary N) is 1. The Hall–Kier alpha value is -2.08. The molecule has 7 heteroatoms. The van der Waals surface area contributed by atoms with E-state index in [0.717, 1.165) is 31.7 Å². The molecule has 0 bridgehead atoms. The fraction of sp³-hybridized carbons (Fsp3) is 0.333. The van der Waals surface area contributed by atoms with Crippen LogP contribution in [0.3, 0.4) is 0 Å². The van der Waals surface area contributed by atoms with Crippen LogP contribution in [0.1, 0.15) is 19.3 Å². The molecule has 5 nitrogen and oxygen atoms in total. The smallest absolute Gasteiger partial charge is 0.159 e. The summed E-state index contributed by atoms with van der Waals surface area (Å²) < 4.78 is 13.2. The molecule has 0 saturated carbocycles. The van der Waals surface area contributed by atoms with E-state index in [1.54, 1.807) is 6.07 Å². The molecule has 0 radical (unpaired) electrons. The number of anilines is 4. The third kappa shape index (κ3) is 3.06. The van der Waals surface area contributed by atoms with Crippen molar-refractivity contribution in [3.8, 4) is 0 Å². The fourth-order valence-electron chi connectivity index (χ4n) is 2.55. The standard InChI is InChI=1S/C15H17ClFN5/c16-11-8-10(4-5-12(11)17)21-14-13(18)15(20-9-19-14)22-6-2-1-3-7-22/h4-5,8-9H,1-3,6-7,18H2,(H,19,20,21). The highest BCUT2D eigenvalue weighted by molar-refractivity contribution is 6.31. The summed E-state index contributed by atoms with van der Waals surface area (Å²) >= 11 is 5.79. The molecule has 1 fully saturated rings. The zero-order chi connectivity index (χ0) is 15.5. The van der Waals surface area contributed by atoms with Crippen LogP contribution in [-0.2, 0) is 0 Å². The third-order valence-electron chi connectivity index (χ3n) is 3.70. The van der Waals surface area contributed by atoms with Gasteiger partial charge in [-0.25, -0.2) is 14.4 Å². The van der Waals surface area contributed by atoms with E-state index in [2.05, 4.69) is 20.2 Å². The summed E-state index contributed by atoms with van der Waals surface area (Å²) in [6.07, 6.45) is 4.99. The molecule has 0 spiro atoms. The first-order valence-corrected chi connectivity index (χ1v) is 7.60. The van der Waals surface area contributed by atoms with Gasteiger partial charge in [0.1, 0.15) is 17.8 Å². The van der Waals surface area contributed by atoms with Crippen molar-refractivity contribution in [2.24, 2.45) is 0 Å². The Kier molecular flexibility index (Phi) is 4.29. The van der Waals surface area contributed by atoms with Gasteiger partial charge in [0.2, 0.25) is 0 Å². The molecule has 116 valence electrons. The van der Waals surface area contributed by atoms with E-state index < -0.39 is 5.82 Å². The van der Waals surface area contributed by atoms with Crippen molar-refractivity contribution in [2.45, 2.75) is 19.3 Å². The van der Waals surface area contributed by atoms with Gasteiger partial charge in [0.05, 0.1) is 5.02 Å². The summed E-state index contributed by atoms with van der Waals surface area (Å²) in [5.41, 5.74) is 7.31. The molecular formula is C15H17ClFN5. The number of nitrogens with zero attached hydrogens (tertiary/aromatic N) is 3. The van der Waals surface area contributed by atoms with Gasteiger partial charge in [0, 0.05) is 18.8 Å². The monoisotopic (exact) mass is 321 g/mol. The molecule has 2 aromatic rings. The molecule has 3 rings (SSSR count). The van der Waals surface area contributed by atoms with Gasteiger partial charge < -0.3 is 16.0 Å². The lowest BCUT2D eigenvalue weighted by atomic mass is 10.1. The van der Waals surface area contributed by atoms with E-state index in [4.69, 9.17) is 17.3 Å². The van der Waals surface area contributed by atoms with Crippen LogP contribution < -0.4 is 16.0 Å². The maximum absolute atomic E-state index is 13.2. The van der Waals surface area contributed by atoms with Crippen molar-refractivity contribution in [1.82, 2.24) is 9.97 Å².